The Morgan fingerprint density at radius 2 is 1.56 bits per heavy atom. The van der Waals surface area contributed by atoms with Crippen molar-refractivity contribution in [1.82, 2.24) is 0 Å². The minimum Gasteiger partial charge on any atom is -0.550 e. The molecular weight excluding hydrogens is 349 g/mol. The normalized spacial score (nSPS) is 11.6. The minimum atomic E-state index is -2.28. The molecule has 0 heterocycles. The number of hydrogen-bond donors (Lipinski definition) is 0. The first kappa shape index (κ1) is 23.4. The van der Waals surface area contributed by atoms with E-state index in [9.17, 15) is 19.8 Å². The fraction of sp³-hybridized carbons (Fsp3) is 0.800. The SMILES string of the molecule is CCCCC(CC)C(=O)[O-].O=C([O-])C(Cl)(Cl)Cl.[Ni+2]. The van der Waals surface area contributed by atoms with E-state index in [-0.39, 0.29) is 22.4 Å². The van der Waals surface area contributed by atoms with Gasteiger partial charge >= 0.3 is 16.5 Å². The number of hydrogen-bond acceptors (Lipinski definition) is 4. The molecule has 0 fully saturated rings. The van der Waals surface area contributed by atoms with Crippen LogP contribution >= 0.6 is 34.8 Å². The molecule has 1 atom stereocenters. The average molecular weight is 364 g/mol. The Morgan fingerprint density at radius 3 is 1.72 bits per heavy atom. The fourth-order valence-corrected chi connectivity index (χ4v) is 0.939. The molecule has 8 heteroatoms. The van der Waals surface area contributed by atoms with Crippen molar-refractivity contribution in [2.45, 2.75) is 43.3 Å². The first-order valence-electron chi connectivity index (χ1n) is 5.15. The second kappa shape index (κ2) is 12.3. The number of alkyl halides is 3. The molecule has 0 bridgehead atoms. The average Bonchev–Trinajstić information content (AvgIpc) is 2.18. The Labute approximate surface area is 132 Å². The molecule has 110 valence electrons. The maximum absolute atomic E-state index is 10.3. The number of aliphatic carboxylic acids is 2. The number of carboxylic acid groups (broad SMARTS) is 2. The van der Waals surface area contributed by atoms with Crippen molar-refractivity contribution in [3.05, 3.63) is 0 Å². The van der Waals surface area contributed by atoms with E-state index in [0.717, 1.165) is 19.3 Å². The molecule has 0 radical (unpaired) electrons. The number of carbonyl (C=O) groups is 2. The van der Waals surface area contributed by atoms with Crippen molar-refractivity contribution in [3.63, 3.8) is 0 Å². The van der Waals surface area contributed by atoms with E-state index in [1.54, 1.807) is 0 Å². The van der Waals surface area contributed by atoms with Crippen LogP contribution in [0.3, 0.4) is 0 Å². The molecule has 18 heavy (non-hydrogen) atoms. The Morgan fingerprint density at radius 1 is 1.17 bits per heavy atom. The Balaban J connectivity index is -0.000000251. The van der Waals surface area contributed by atoms with Gasteiger partial charge in [-0.05, 0) is 18.8 Å². The van der Waals surface area contributed by atoms with Crippen LogP contribution in [0.2, 0.25) is 0 Å². The molecule has 0 amide bonds. The van der Waals surface area contributed by atoms with Crippen molar-refractivity contribution in [2.75, 3.05) is 0 Å². The Kier molecular flexibility index (Phi) is 16.0. The van der Waals surface area contributed by atoms with Gasteiger partial charge in [-0.1, -0.05) is 61.5 Å². The maximum atomic E-state index is 10.3. The third-order valence-electron chi connectivity index (χ3n) is 1.96. The summed E-state index contributed by atoms with van der Waals surface area (Å²) in [4.78, 5) is 19.8. The molecule has 0 N–H and O–H groups in total. The molecule has 0 aliphatic heterocycles. The van der Waals surface area contributed by atoms with Crippen LogP contribution in [0, 0.1) is 5.92 Å². The van der Waals surface area contributed by atoms with Crippen molar-refractivity contribution in [2.24, 2.45) is 5.92 Å². The number of rotatable bonds is 5. The van der Waals surface area contributed by atoms with E-state index < -0.39 is 15.7 Å². The molecule has 0 spiro atoms. The van der Waals surface area contributed by atoms with Crippen LogP contribution in [0.1, 0.15) is 39.5 Å². The van der Waals surface area contributed by atoms with E-state index in [0.29, 0.717) is 6.42 Å². The number of carboxylic acids is 2. The van der Waals surface area contributed by atoms with Crippen molar-refractivity contribution < 1.29 is 36.3 Å². The summed E-state index contributed by atoms with van der Waals surface area (Å²) in [5.74, 6) is -2.83. The van der Waals surface area contributed by atoms with Gasteiger partial charge in [0.2, 0.25) is 3.79 Å². The van der Waals surface area contributed by atoms with E-state index in [1.165, 1.54) is 0 Å². The van der Waals surface area contributed by atoms with E-state index in [4.69, 9.17) is 34.8 Å². The molecule has 0 saturated heterocycles. The molecule has 0 aliphatic rings. The minimum absolute atomic E-state index is 0. The third kappa shape index (κ3) is 14.4. The predicted octanol–water partition coefficient (Wildman–Crippen LogP) is 1.06. The number of unbranched alkanes of at least 4 members (excludes halogenated alkanes) is 1. The summed E-state index contributed by atoms with van der Waals surface area (Å²) in [6, 6.07) is 0. The third-order valence-corrected chi connectivity index (χ3v) is 2.43. The van der Waals surface area contributed by atoms with Crippen LogP contribution in [0.15, 0.2) is 0 Å². The topological polar surface area (TPSA) is 80.3 Å². The monoisotopic (exact) mass is 362 g/mol. The summed E-state index contributed by atoms with van der Waals surface area (Å²) in [6.07, 6.45) is 3.52. The van der Waals surface area contributed by atoms with Crippen molar-refractivity contribution in [3.8, 4) is 0 Å². The molecule has 1 unspecified atom stereocenters. The first-order valence-corrected chi connectivity index (χ1v) is 6.29. The quantitative estimate of drug-likeness (QED) is 0.540. The van der Waals surface area contributed by atoms with E-state index in [2.05, 4.69) is 6.92 Å². The van der Waals surface area contributed by atoms with Gasteiger partial charge in [-0.15, -0.1) is 0 Å². The zero-order valence-corrected chi connectivity index (χ0v) is 13.2. The van der Waals surface area contributed by atoms with Gasteiger partial charge in [-0.25, -0.2) is 0 Å². The van der Waals surface area contributed by atoms with Crippen LogP contribution in [-0.2, 0) is 26.1 Å². The second-order valence-electron chi connectivity index (χ2n) is 3.35. The first-order chi connectivity index (χ1) is 7.66. The van der Waals surface area contributed by atoms with Gasteiger partial charge in [-0.2, -0.15) is 0 Å². The van der Waals surface area contributed by atoms with Gasteiger partial charge in [0.25, 0.3) is 0 Å². The smallest absolute Gasteiger partial charge is 0.550 e. The fourth-order valence-electron chi connectivity index (χ4n) is 0.939. The summed E-state index contributed by atoms with van der Waals surface area (Å²) >= 11 is 14.2. The van der Waals surface area contributed by atoms with Gasteiger partial charge in [0.1, 0.15) is 0 Å². The molecule has 0 aromatic rings. The standard InChI is InChI=1S/C8H16O2.C2HCl3O2.Ni/c1-3-5-6-7(4-2)8(9)10;3-2(4,5)1(6)7;/h7H,3-6H2,1-2H3,(H,9,10);(H,6,7);/q;;+2/p-2. The van der Waals surface area contributed by atoms with Crippen LogP contribution in [0.4, 0.5) is 0 Å². The molecule has 0 rings (SSSR count). The zero-order valence-electron chi connectivity index (χ0n) is 9.99. The van der Waals surface area contributed by atoms with Gasteiger partial charge < -0.3 is 19.8 Å². The second-order valence-corrected chi connectivity index (χ2v) is 5.63. The summed E-state index contributed by atoms with van der Waals surface area (Å²) in [6.45, 7) is 3.94. The molecule has 0 saturated carbocycles. The predicted molar refractivity (Wildman–Crippen MR) is 63.6 cm³/mol. The van der Waals surface area contributed by atoms with Gasteiger partial charge in [0.05, 0.1) is 5.97 Å². The summed E-state index contributed by atoms with van der Waals surface area (Å²) in [5, 5.41) is 19.8. The van der Waals surface area contributed by atoms with Crippen LogP contribution in [-0.4, -0.2) is 15.7 Å². The Bertz CT molecular complexity index is 244. The van der Waals surface area contributed by atoms with Gasteiger partial charge in [-0.3, -0.25) is 0 Å². The van der Waals surface area contributed by atoms with Gasteiger partial charge in [0, 0.05) is 5.97 Å². The van der Waals surface area contributed by atoms with Gasteiger partial charge in [0.15, 0.2) is 0 Å². The van der Waals surface area contributed by atoms with Crippen LogP contribution in [0.25, 0.3) is 0 Å². The molecule has 0 aromatic heterocycles. The van der Waals surface area contributed by atoms with Crippen molar-refractivity contribution in [1.29, 1.82) is 0 Å². The molecule has 0 aliphatic carbocycles. The summed E-state index contributed by atoms with van der Waals surface area (Å²) in [5.41, 5.74) is 0. The molecule has 0 aromatic carbocycles. The summed E-state index contributed by atoms with van der Waals surface area (Å²) in [7, 11) is 0. The molecule has 4 nitrogen and oxygen atoms in total. The zero-order chi connectivity index (χ0) is 14.1. The van der Waals surface area contributed by atoms with Crippen LogP contribution in [0.5, 0.6) is 0 Å². The largest absolute Gasteiger partial charge is 2.00 e. The van der Waals surface area contributed by atoms with Crippen molar-refractivity contribution >= 4 is 46.7 Å². The van der Waals surface area contributed by atoms with E-state index in [1.807, 2.05) is 6.92 Å². The number of halogens is 3. The Hall–Kier alpha value is 0.304. The maximum Gasteiger partial charge on any atom is 2.00 e. The molecular formula is C10H15Cl3NiO4. The number of carbonyl (C=O) groups excluding carboxylic acids is 2. The van der Waals surface area contributed by atoms with Crippen LogP contribution < -0.4 is 10.2 Å². The van der Waals surface area contributed by atoms with E-state index >= 15 is 0 Å². The summed E-state index contributed by atoms with van der Waals surface area (Å²) < 4.78 is -2.28.